The number of nitrogens with one attached hydrogen (secondary N) is 1. The smallest absolute Gasteiger partial charge is 0.223 e. The van der Waals surface area contributed by atoms with Crippen molar-refractivity contribution < 1.29 is 17.6 Å². The van der Waals surface area contributed by atoms with E-state index in [4.69, 9.17) is 0 Å². The molecule has 1 aliphatic rings. The summed E-state index contributed by atoms with van der Waals surface area (Å²) in [4.78, 5) is 12.7. The van der Waals surface area contributed by atoms with E-state index in [1.54, 1.807) is 0 Å². The second kappa shape index (κ2) is 9.71. The van der Waals surface area contributed by atoms with Crippen LogP contribution in [0.1, 0.15) is 49.4 Å². The van der Waals surface area contributed by atoms with Gasteiger partial charge in [-0.3, -0.25) is 4.79 Å². The van der Waals surface area contributed by atoms with E-state index in [1.165, 1.54) is 34.1 Å². The Hall–Kier alpha value is -2.25. The van der Waals surface area contributed by atoms with Gasteiger partial charge < -0.3 is 5.32 Å². The summed E-state index contributed by atoms with van der Waals surface area (Å²) in [6, 6.07) is 13.6. The first-order valence-corrected chi connectivity index (χ1v) is 12.0. The summed E-state index contributed by atoms with van der Waals surface area (Å²) in [5, 5.41) is 3.06. The van der Waals surface area contributed by atoms with E-state index < -0.39 is 15.8 Å². The minimum Gasteiger partial charge on any atom is -0.349 e. The zero-order valence-corrected chi connectivity index (χ0v) is 18.3. The number of carbonyl (C=O) groups excluding carboxylic acids is 1. The zero-order valence-electron chi connectivity index (χ0n) is 17.5. The van der Waals surface area contributed by atoms with Crippen molar-refractivity contribution in [3.8, 4) is 0 Å². The van der Waals surface area contributed by atoms with Gasteiger partial charge >= 0.3 is 0 Å². The molecule has 0 spiro atoms. The van der Waals surface area contributed by atoms with Gasteiger partial charge in [0.15, 0.2) is 0 Å². The highest BCUT2D eigenvalue weighted by Gasteiger charge is 2.31. The topological polar surface area (TPSA) is 66.5 Å². The molecule has 7 heteroatoms. The first-order chi connectivity index (χ1) is 14.3. The number of hydrogen-bond donors (Lipinski definition) is 1. The number of piperidine rings is 1. The lowest BCUT2D eigenvalue weighted by Gasteiger charge is -2.31. The van der Waals surface area contributed by atoms with Crippen LogP contribution in [-0.4, -0.2) is 31.7 Å². The lowest BCUT2D eigenvalue weighted by Crippen LogP contribution is -2.43. The van der Waals surface area contributed by atoms with Gasteiger partial charge in [-0.15, -0.1) is 0 Å². The normalized spacial score (nSPS) is 16.9. The number of halogens is 1. The maximum Gasteiger partial charge on any atom is 0.223 e. The largest absolute Gasteiger partial charge is 0.349 e. The molecule has 3 rings (SSSR count). The van der Waals surface area contributed by atoms with Gasteiger partial charge in [-0.05, 0) is 55.0 Å². The second-order valence-corrected chi connectivity index (χ2v) is 9.85. The van der Waals surface area contributed by atoms with Gasteiger partial charge in [0.25, 0.3) is 0 Å². The molecule has 0 unspecified atom stereocenters. The van der Waals surface area contributed by atoms with Crippen molar-refractivity contribution in [3.63, 3.8) is 0 Å². The molecule has 0 saturated carbocycles. The Morgan fingerprint density at radius 1 is 1.07 bits per heavy atom. The van der Waals surface area contributed by atoms with Gasteiger partial charge in [-0.2, -0.15) is 0 Å². The molecular formula is C23H29FN2O3S. The fourth-order valence-electron chi connectivity index (χ4n) is 3.74. The monoisotopic (exact) mass is 432 g/mol. The summed E-state index contributed by atoms with van der Waals surface area (Å²) in [6.07, 6.45) is 1.97. The Kier molecular flexibility index (Phi) is 7.26. The Labute approximate surface area is 178 Å². The van der Waals surface area contributed by atoms with Crippen LogP contribution in [-0.2, 0) is 27.0 Å². The summed E-state index contributed by atoms with van der Waals surface area (Å²) in [5.41, 5.74) is 2.87. The highest BCUT2D eigenvalue weighted by Crippen LogP contribution is 2.23. The van der Waals surface area contributed by atoms with Crippen molar-refractivity contribution in [2.24, 2.45) is 5.92 Å². The second-order valence-electron chi connectivity index (χ2n) is 7.88. The SMILES string of the molecule is CCc1ccc([C@@H](C)NC(=O)C2CCN(S(=O)(=O)Cc3ccc(F)cc3)CC2)cc1. The van der Waals surface area contributed by atoms with E-state index in [0.717, 1.165) is 12.0 Å². The van der Waals surface area contributed by atoms with Gasteiger partial charge in [0, 0.05) is 19.0 Å². The van der Waals surface area contributed by atoms with Gasteiger partial charge in [0.2, 0.25) is 15.9 Å². The number of nitrogens with zero attached hydrogens (tertiary/aromatic N) is 1. The van der Waals surface area contributed by atoms with Crippen LogP contribution in [0, 0.1) is 11.7 Å². The average molecular weight is 433 g/mol. The lowest BCUT2D eigenvalue weighted by molar-refractivity contribution is -0.126. The number of aryl methyl sites for hydroxylation is 1. The molecule has 162 valence electrons. The van der Waals surface area contributed by atoms with Gasteiger partial charge in [-0.1, -0.05) is 43.3 Å². The summed E-state index contributed by atoms with van der Waals surface area (Å²) in [5.74, 6) is -0.773. The fraction of sp³-hybridized carbons (Fsp3) is 0.435. The van der Waals surface area contributed by atoms with Crippen molar-refractivity contribution in [1.29, 1.82) is 0 Å². The van der Waals surface area contributed by atoms with Crippen LogP contribution in [0.3, 0.4) is 0 Å². The van der Waals surface area contributed by atoms with Gasteiger partial charge in [0.1, 0.15) is 5.82 Å². The first-order valence-electron chi connectivity index (χ1n) is 10.4. The molecule has 1 amide bonds. The third kappa shape index (κ3) is 5.67. The predicted molar refractivity (Wildman–Crippen MR) is 116 cm³/mol. The van der Waals surface area contributed by atoms with Crippen molar-refractivity contribution in [2.75, 3.05) is 13.1 Å². The standard InChI is InChI=1S/C23H29FN2O3S/c1-3-18-4-8-20(9-5-18)17(2)25-23(27)21-12-14-26(15-13-21)30(28,29)16-19-6-10-22(24)11-7-19/h4-11,17,21H,3,12-16H2,1-2H3,(H,25,27)/t17-/m1/s1. The molecular weight excluding hydrogens is 403 g/mol. The van der Waals surface area contributed by atoms with Crippen LogP contribution >= 0.6 is 0 Å². The lowest BCUT2D eigenvalue weighted by atomic mass is 9.96. The van der Waals surface area contributed by atoms with E-state index >= 15 is 0 Å². The van der Waals surface area contributed by atoms with E-state index in [1.807, 2.05) is 19.1 Å². The summed E-state index contributed by atoms with van der Waals surface area (Å²) < 4.78 is 39.8. The third-order valence-corrected chi connectivity index (χ3v) is 7.58. The number of benzene rings is 2. The third-order valence-electron chi connectivity index (χ3n) is 5.73. The number of hydrogen-bond acceptors (Lipinski definition) is 3. The first kappa shape index (κ1) is 22.4. The summed E-state index contributed by atoms with van der Waals surface area (Å²) in [6.45, 7) is 4.70. The van der Waals surface area contributed by atoms with Crippen LogP contribution in [0.15, 0.2) is 48.5 Å². The molecule has 30 heavy (non-hydrogen) atoms. The molecule has 1 heterocycles. The van der Waals surface area contributed by atoms with E-state index in [0.29, 0.717) is 31.5 Å². The molecule has 5 nitrogen and oxygen atoms in total. The van der Waals surface area contributed by atoms with Crippen LogP contribution in [0.2, 0.25) is 0 Å². The molecule has 1 fully saturated rings. The Balaban J connectivity index is 1.52. The summed E-state index contributed by atoms with van der Waals surface area (Å²) in [7, 11) is -3.49. The van der Waals surface area contributed by atoms with E-state index in [9.17, 15) is 17.6 Å². The fourth-order valence-corrected chi connectivity index (χ4v) is 5.30. The van der Waals surface area contributed by atoms with Crippen molar-refractivity contribution >= 4 is 15.9 Å². The quantitative estimate of drug-likeness (QED) is 0.724. The van der Waals surface area contributed by atoms with Crippen molar-refractivity contribution in [3.05, 3.63) is 71.0 Å². The molecule has 0 bridgehead atoms. The minimum atomic E-state index is -3.49. The van der Waals surface area contributed by atoms with Crippen molar-refractivity contribution in [1.82, 2.24) is 9.62 Å². The molecule has 1 saturated heterocycles. The number of sulfonamides is 1. The molecule has 1 atom stereocenters. The van der Waals surface area contributed by atoms with Crippen LogP contribution < -0.4 is 5.32 Å². The van der Waals surface area contributed by atoms with Crippen LogP contribution in [0.4, 0.5) is 4.39 Å². The molecule has 1 N–H and O–H groups in total. The Morgan fingerprint density at radius 2 is 1.63 bits per heavy atom. The molecule has 2 aromatic rings. The number of rotatable bonds is 7. The number of amides is 1. The maximum atomic E-state index is 13.0. The Bertz CT molecular complexity index is 951. The molecule has 2 aromatic carbocycles. The van der Waals surface area contributed by atoms with E-state index in [2.05, 4.69) is 24.4 Å². The van der Waals surface area contributed by atoms with Gasteiger partial charge in [-0.25, -0.2) is 17.1 Å². The number of carbonyl (C=O) groups is 1. The van der Waals surface area contributed by atoms with E-state index in [-0.39, 0.29) is 23.6 Å². The zero-order chi connectivity index (χ0) is 21.7. The minimum absolute atomic E-state index is 0.0300. The molecule has 0 aliphatic carbocycles. The summed E-state index contributed by atoms with van der Waals surface area (Å²) >= 11 is 0. The highest BCUT2D eigenvalue weighted by atomic mass is 32.2. The van der Waals surface area contributed by atoms with Crippen molar-refractivity contribution in [2.45, 2.75) is 44.9 Å². The predicted octanol–water partition coefficient (Wildman–Crippen LogP) is 3.81. The molecule has 0 radical (unpaired) electrons. The Morgan fingerprint density at radius 3 is 2.20 bits per heavy atom. The molecule has 0 aromatic heterocycles. The highest BCUT2D eigenvalue weighted by molar-refractivity contribution is 7.88. The average Bonchev–Trinajstić information content (AvgIpc) is 2.75. The van der Waals surface area contributed by atoms with Gasteiger partial charge in [0.05, 0.1) is 11.8 Å². The maximum absolute atomic E-state index is 13.0. The van der Waals surface area contributed by atoms with Crippen LogP contribution in [0.25, 0.3) is 0 Å². The van der Waals surface area contributed by atoms with Crippen LogP contribution in [0.5, 0.6) is 0 Å². The molecule has 1 aliphatic heterocycles.